The van der Waals surface area contributed by atoms with Crippen LogP contribution in [0, 0.1) is 10.1 Å². The zero-order chi connectivity index (χ0) is 18.7. The number of carbonyl (C=O) groups excluding carboxylic acids is 2. The number of carbonyl (C=O) groups is 2. The Morgan fingerprint density at radius 2 is 2.04 bits per heavy atom. The summed E-state index contributed by atoms with van der Waals surface area (Å²) >= 11 is 7.85. The van der Waals surface area contributed by atoms with Gasteiger partial charge < -0.3 is 5.32 Å². The summed E-state index contributed by atoms with van der Waals surface area (Å²) in [5, 5.41) is 15.1. The molecule has 1 fully saturated rings. The fourth-order valence-electron chi connectivity index (χ4n) is 2.15. The number of benzene rings is 1. The Morgan fingerprint density at radius 1 is 1.31 bits per heavy atom. The molecule has 1 aliphatic heterocycles. The lowest BCUT2D eigenvalue weighted by Gasteiger charge is -2.14. The van der Waals surface area contributed by atoms with E-state index in [-0.39, 0.29) is 18.1 Å². The molecule has 0 aliphatic carbocycles. The Bertz CT molecular complexity index is 907. The minimum atomic E-state index is -0.522. The molecule has 2 aromatic rings. The van der Waals surface area contributed by atoms with E-state index >= 15 is 0 Å². The molecule has 0 saturated carbocycles. The molecule has 1 aromatic carbocycles. The van der Waals surface area contributed by atoms with Crippen molar-refractivity contribution >= 4 is 68.9 Å². The molecule has 132 valence electrons. The van der Waals surface area contributed by atoms with Crippen LogP contribution >= 0.6 is 35.3 Å². The normalized spacial score (nSPS) is 15.5. The molecule has 26 heavy (non-hydrogen) atoms. The number of anilines is 1. The second kappa shape index (κ2) is 7.77. The summed E-state index contributed by atoms with van der Waals surface area (Å²) in [5.74, 6) is -0.750. The maximum atomic E-state index is 12.4. The van der Waals surface area contributed by atoms with Crippen LogP contribution in [0.1, 0.15) is 4.88 Å². The van der Waals surface area contributed by atoms with Crippen LogP contribution in [-0.4, -0.2) is 32.5 Å². The fourth-order valence-corrected chi connectivity index (χ4v) is 4.13. The topological polar surface area (TPSA) is 92.6 Å². The molecule has 2 amide bonds. The van der Waals surface area contributed by atoms with Gasteiger partial charge in [-0.2, -0.15) is 0 Å². The highest BCUT2D eigenvalue weighted by Gasteiger charge is 2.33. The van der Waals surface area contributed by atoms with Crippen LogP contribution in [0.4, 0.5) is 11.4 Å². The van der Waals surface area contributed by atoms with Crippen molar-refractivity contribution in [2.24, 2.45) is 0 Å². The lowest BCUT2D eigenvalue weighted by Crippen LogP contribution is -2.36. The number of thioether (sulfide) groups is 1. The van der Waals surface area contributed by atoms with Gasteiger partial charge in [0.25, 0.3) is 11.6 Å². The van der Waals surface area contributed by atoms with Crippen LogP contribution in [0.2, 0.25) is 0 Å². The number of nitro benzene ring substituents is 1. The molecule has 10 heteroatoms. The number of nitrogens with zero attached hydrogens (tertiary/aromatic N) is 2. The monoisotopic (exact) mass is 405 g/mol. The third kappa shape index (κ3) is 4.15. The van der Waals surface area contributed by atoms with Gasteiger partial charge in [-0.1, -0.05) is 30.0 Å². The highest BCUT2D eigenvalue weighted by Crippen LogP contribution is 2.33. The van der Waals surface area contributed by atoms with Crippen LogP contribution in [0.5, 0.6) is 0 Å². The number of hydrogen-bond acceptors (Lipinski definition) is 7. The van der Waals surface area contributed by atoms with Crippen LogP contribution in [0.3, 0.4) is 0 Å². The van der Waals surface area contributed by atoms with E-state index in [0.717, 1.165) is 16.6 Å². The van der Waals surface area contributed by atoms with Gasteiger partial charge >= 0.3 is 0 Å². The number of amides is 2. The standard InChI is InChI=1S/C16H11N3O4S3/c20-14(17-10-3-5-11(6-4-10)19(22)23)9-18-15(21)13(26-16(18)24)8-12-2-1-7-25-12/h1-8H,9H2,(H,17,20)/b13-8-. The van der Waals surface area contributed by atoms with Gasteiger partial charge in [0, 0.05) is 22.7 Å². The minimum Gasteiger partial charge on any atom is -0.325 e. The average molecular weight is 405 g/mol. The Balaban J connectivity index is 1.64. The summed E-state index contributed by atoms with van der Waals surface area (Å²) in [6.45, 7) is -0.219. The third-order valence-electron chi connectivity index (χ3n) is 3.35. The molecule has 1 saturated heterocycles. The second-order valence-corrected chi connectivity index (χ2v) is 7.79. The SMILES string of the molecule is O=C(CN1C(=O)/C(=C/c2cccs2)SC1=S)Nc1ccc([N+](=O)[O-])cc1. The van der Waals surface area contributed by atoms with Crippen molar-refractivity contribution in [2.45, 2.75) is 0 Å². The molecule has 1 N–H and O–H groups in total. The minimum absolute atomic E-state index is 0.0707. The van der Waals surface area contributed by atoms with Gasteiger partial charge in [0.05, 0.1) is 9.83 Å². The Morgan fingerprint density at radius 3 is 2.65 bits per heavy atom. The molecule has 0 spiro atoms. The Hall–Kier alpha value is -2.56. The molecule has 1 aromatic heterocycles. The highest BCUT2D eigenvalue weighted by atomic mass is 32.2. The lowest BCUT2D eigenvalue weighted by molar-refractivity contribution is -0.384. The van der Waals surface area contributed by atoms with Crippen molar-refractivity contribution < 1.29 is 14.5 Å². The predicted molar refractivity (Wildman–Crippen MR) is 106 cm³/mol. The second-order valence-electron chi connectivity index (χ2n) is 5.14. The number of thiophene rings is 1. The van der Waals surface area contributed by atoms with E-state index in [1.165, 1.54) is 40.5 Å². The zero-order valence-electron chi connectivity index (χ0n) is 13.1. The summed E-state index contributed by atoms with van der Waals surface area (Å²) in [5.41, 5.74) is 0.332. The van der Waals surface area contributed by atoms with E-state index in [4.69, 9.17) is 12.2 Å². The molecule has 0 bridgehead atoms. The number of nitrogens with one attached hydrogen (secondary N) is 1. The van der Waals surface area contributed by atoms with Gasteiger partial charge in [0.15, 0.2) is 0 Å². The molecular weight excluding hydrogens is 394 g/mol. The summed E-state index contributed by atoms with van der Waals surface area (Å²) in [4.78, 5) is 37.4. The van der Waals surface area contributed by atoms with E-state index in [9.17, 15) is 19.7 Å². The summed E-state index contributed by atoms with van der Waals surface area (Å²) < 4.78 is 0.316. The molecule has 3 rings (SSSR count). The van der Waals surface area contributed by atoms with Gasteiger partial charge in [-0.15, -0.1) is 11.3 Å². The summed E-state index contributed by atoms with van der Waals surface area (Å²) in [6.07, 6.45) is 1.75. The van der Waals surface area contributed by atoms with E-state index in [1.54, 1.807) is 6.08 Å². The first-order valence-corrected chi connectivity index (χ1v) is 9.37. The van der Waals surface area contributed by atoms with Gasteiger partial charge in [0.2, 0.25) is 5.91 Å². The number of rotatable bonds is 5. The maximum absolute atomic E-state index is 12.4. The Kier molecular flexibility index (Phi) is 5.45. The largest absolute Gasteiger partial charge is 0.325 e. The Labute approximate surface area is 161 Å². The van der Waals surface area contributed by atoms with Crippen LogP contribution < -0.4 is 5.32 Å². The van der Waals surface area contributed by atoms with E-state index in [2.05, 4.69) is 5.32 Å². The average Bonchev–Trinajstić information content (AvgIpc) is 3.20. The van der Waals surface area contributed by atoms with Crippen molar-refractivity contribution in [1.82, 2.24) is 4.90 Å². The van der Waals surface area contributed by atoms with Crippen molar-refractivity contribution in [3.05, 3.63) is 61.7 Å². The van der Waals surface area contributed by atoms with Gasteiger partial charge in [-0.3, -0.25) is 24.6 Å². The summed E-state index contributed by atoms with van der Waals surface area (Å²) in [6, 6.07) is 9.21. The zero-order valence-corrected chi connectivity index (χ0v) is 15.5. The lowest BCUT2D eigenvalue weighted by atomic mass is 10.3. The molecule has 0 radical (unpaired) electrons. The van der Waals surface area contributed by atoms with Crippen LogP contribution in [0.15, 0.2) is 46.7 Å². The number of non-ortho nitro benzene ring substituents is 1. The number of nitro groups is 1. The van der Waals surface area contributed by atoms with Crippen LogP contribution in [0.25, 0.3) is 6.08 Å². The predicted octanol–water partition coefficient (Wildman–Crippen LogP) is 3.50. The van der Waals surface area contributed by atoms with Gasteiger partial charge in [-0.25, -0.2) is 0 Å². The number of hydrogen-bond donors (Lipinski definition) is 1. The van der Waals surface area contributed by atoms with Crippen molar-refractivity contribution in [3.8, 4) is 0 Å². The van der Waals surface area contributed by atoms with Crippen LogP contribution in [-0.2, 0) is 9.59 Å². The molecule has 0 atom stereocenters. The van der Waals surface area contributed by atoms with Crippen molar-refractivity contribution in [2.75, 3.05) is 11.9 Å². The molecule has 1 aliphatic rings. The summed E-state index contributed by atoms with van der Waals surface area (Å²) in [7, 11) is 0. The first-order chi connectivity index (χ1) is 12.4. The van der Waals surface area contributed by atoms with E-state index in [0.29, 0.717) is 14.9 Å². The first-order valence-electron chi connectivity index (χ1n) is 7.27. The molecular formula is C16H11N3O4S3. The fraction of sp³-hybridized carbons (Fsp3) is 0.0625. The van der Waals surface area contributed by atoms with Gasteiger partial charge in [-0.05, 0) is 29.7 Å². The molecule has 7 nitrogen and oxygen atoms in total. The third-order valence-corrected chi connectivity index (χ3v) is 5.55. The first kappa shape index (κ1) is 18.2. The quantitative estimate of drug-likeness (QED) is 0.354. The molecule has 2 heterocycles. The molecule has 0 unspecified atom stereocenters. The smallest absolute Gasteiger partial charge is 0.269 e. The van der Waals surface area contributed by atoms with E-state index < -0.39 is 10.8 Å². The van der Waals surface area contributed by atoms with E-state index in [1.807, 2.05) is 17.5 Å². The van der Waals surface area contributed by atoms with Crippen molar-refractivity contribution in [3.63, 3.8) is 0 Å². The van der Waals surface area contributed by atoms with Crippen molar-refractivity contribution in [1.29, 1.82) is 0 Å². The number of thiocarbonyl (C=S) groups is 1. The highest BCUT2D eigenvalue weighted by molar-refractivity contribution is 8.26. The maximum Gasteiger partial charge on any atom is 0.269 e. The van der Waals surface area contributed by atoms with Gasteiger partial charge in [0.1, 0.15) is 10.9 Å².